The second-order valence-electron chi connectivity index (χ2n) is 6.12. The summed E-state index contributed by atoms with van der Waals surface area (Å²) < 4.78 is 0. The van der Waals surface area contributed by atoms with Gasteiger partial charge in [0, 0.05) is 25.2 Å². The van der Waals surface area contributed by atoms with Crippen molar-refractivity contribution in [1.82, 2.24) is 4.90 Å². The van der Waals surface area contributed by atoms with Gasteiger partial charge in [-0.25, -0.2) is 0 Å². The van der Waals surface area contributed by atoms with Gasteiger partial charge in [-0.05, 0) is 44.4 Å². The number of hydrogen-bond donors (Lipinski definition) is 1. The number of rotatable bonds is 5. The predicted octanol–water partition coefficient (Wildman–Crippen LogP) is 2.55. The van der Waals surface area contributed by atoms with E-state index in [1.54, 1.807) is 0 Å². The van der Waals surface area contributed by atoms with Gasteiger partial charge in [-0.3, -0.25) is 4.90 Å². The van der Waals surface area contributed by atoms with E-state index >= 15 is 0 Å². The van der Waals surface area contributed by atoms with E-state index in [2.05, 4.69) is 17.9 Å². The average molecular weight is 250 g/mol. The van der Waals surface area contributed by atoms with Gasteiger partial charge in [-0.1, -0.05) is 13.3 Å². The monoisotopic (exact) mass is 250 g/mol. The Morgan fingerprint density at radius 2 is 2.06 bits per heavy atom. The van der Waals surface area contributed by atoms with Crippen LogP contribution in [0, 0.1) is 23.2 Å². The quantitative estimate of drug-likeness (QED) is 0.815. The van der Waals surface area contributed by atoms with Crippen LogP contribution in [0.5, 0.6) is 0 Å². The maximum atomic E-state index is 9.37. The summed E-state index contributed by atoms with van der Waals surface area (Å²) in [5.41, 5.74) is 0. The van der Waals surface area contributed by atoms with E-state index in [1.807, 2.05) is 0 Å². The van der Waals surface area contributed by atoms with Crippen molar-refractivity contribution in [3.05, 3.63) is 0 Å². The molecule has 2 aliphatic rings. The third-order valence-corrected chi connectivity index (χ3v) is 4.79. The van der Waals surface area contributed by atoms with Crippen molar-refractivity contribution < 1.29 is 5.11 Å². The van der Waals surface area contributed by atoms with E-state index in [0.717, 1.165) is 25.3 Å². The highest BCUT2D eigenvalue weighted by molar-refractivity contribution is 4.99. The van der Waals surface area contributed by atoms with Crippen LogP contribution in [0.3, 0.4) is 0 Å². The molecule has 0 saturated heterocycles. The van der Waals surface area contributed by atoms with Crippen molar-refractivity contribution in [2.24, 2.45) is 11.8 Å². The summed E-state index contributed by atoms with van der Waals surface area (Å²) in [6.07, 6.45) is 8.18. The lowest BCUT2D eigenvalue weighted by atomic mass is 9.77. The van der Waals surface area contributed by atoms with E-state index in [0.29, 0.717) is 12.1 Å². The molecule has 2 rings (SSSR count). The molecule has 3 unspecified atom stereocenters. The summed E-state index contributed by atoms with van der Waals surface area (Å²) in [7, 11) is 0. The van der Waals surface area contributed by atoms with Crippen LogP contribution < -0.4 is 0 Å². The molecule has 0 aromatic carbocycles. The number of hydrogen-bond acceptors (Lipinski definition) is 3. The van der Waals surface area contributed by atoms with Gasteiger partial charge in [0.25, 0.3) is 0 Å². The van der Waals surface area contributed by atoms with Gasteiger partial charge < -0.3 is 5.11 Å². The van der Waals surface area contributed by atoms with Crippen LogP contribution in [0.4, 0.5) is 0 Å². The molecule has 0 radical (unpaired) electrons. The standard InChI is InChI=1S/C15H26N2O/c1-12-6-7-13(11-16)15(10-12)17(8-3-9-18)14-4-2-5-14/h12-15,18H,2-10H2,1H3. The smallest absolute Gasteiger partial charge is 0.0672 e. The Bertz CT molecular complexity index is 295. The van der Waals surface area contributed by atoms with Crippen LogP contribution in [-0.4, -0.2) is 35.2 Å². The highest BCUT2D eigenvalue weighted by Gasteiger charge is 2.37. The molecule has 3 nitrogen and oxygen atoms in total. The minimum atomic E-state index is 0.209. The van der Waals surface area contributed by atoms with E-state index in [9.17, 15) is 5.26 Å². The Kier molecular flexibility index (Phi) is 5.03. The van der Waals surface area contributed by atoms with Crippen LogP contribution in [-0.2, 0) is 0 Å². The SMILES string of the molecule is CC1CCC(C#N)C(N(CCCO)C2CCC2)C1. The molecule has 2 fully saturated rings. The number of aliphatic hydroxyl groups excluding tert-OH is 1. The van der Waals surface area contributed by atoms with Crippen molar-refractivity contribution in [2.75, 3.05) is 13.2 Å². The second-order valence-corrected chi connectivity index (χ2v) is 6.12. The van der Waals surface area contributed by atoms with Crippen molar-refractivity contribution in [3.63, 3.8) is 0 Å². The molecule has 18 heavy (non-hydrogen) atoms. The average Bonchev–Trinajstić information content (AvgIpc) is 2.32. The third-order valence-electron chi connectivity index (χ3n) is 4.79. The highest BCUT2D eigenvalue weighted by atomic mass is 16.3. The summed E-state index contributed by atoms with van der Waals surface area (Å²) in [6, 6.07) is 3.65. The lowest BCUT2D eigenvalue weighted by Gasteiger charge is -2.46. The maximum absolute atomic E-state index is 9.37. The van der Waals surface area contributed by atoms with Crippen LogP contribution in [0.2, 0.25) is 0 Å². The van der Waals surface area contributed by atoms with Gasteiger partial charge in [-0.15, -0.1) is 0 Å². The molecule has 102 valence electrons. The van der Waals surface area contributed by atoms with Crippen LogP contribution in [0.25, 0.3) is 0 Å². The minimum Gasteiger partial charge on any atom is -0.396 e. The second kappa shape index (κ2) is 6.54. The van der Waals surface area contributed by atoms with E-state index in [-0.39, 0.29) is 12.5 Å². The Labute approximate surface area is 111 Å². The summed E-state index contributed by atoms with van der Waals surface area (Å²) in [5.74, 6) is 0.955. The molecule has 0 bridgehead atoms. The Hall–Kier alpha value is -0.590. The minimum absolute atomic E-state index is 0.209. The van der Waals surface area contributed by atoms with Gasteiger partial charge in [0.2, 0.25) is 0 Å². The van der Waals surface area contributed by atoms with Gasteiger partial charge in [0.15, 0.2) is 0 Å². The number of nitrogens with zero attached hydrogens (tertiary/aromatic N) is 2. The molecule has 0 aromatic heterocycles. The third kappa shape index (κ3) is 3.05. The molecule has 3 atom stereocenters. The van der Waals surface area contributed by atoms with Crippen LogP contribution >= 0.6 is 0 Å². The normalized spacial score (nSPS) is 33.1. The number of nitriles is 1. The molecule has 2 saturated carbocycles. The van der Waals surface area contributed by atoms with E-state index < -0.39 is 0 Å². The lowest BCUT2D eigenvalue weighted by Crippen LogP contribution is -2.51. The molecule has 0 aliphatic heterocycles. The zero-order chi connectivity index (χ0) is 13.0. The maximum Gasteiger partial charge on any atom is 0.0672 e. The molecule has 0 amide bonds. The number of aliphatic hydroxyl groups is 1. The van der Waals surface area contributed by atoms with Gasteiger partial charge in [0.05, 0.1) is 12.0 Å². The largest absolute Gasteiger partial charge is 0.396 e. The first kappa shape index (κ1) is 13.8. The molecule has 2 aliphatic carbocycles. The van der Waals surface area contributed by atoms with Crippen molar-refractivity contribution in [3.8, 4) is 6.07 Å². The molecule has 3 heteroatoms. The Morgan fingerprint density at radius 1 is 1.28 bits per heavy atom. The van der Waals surface area contributed by atoms with E-state index in [1.165, 1.54) is 32.1 Å². The molecule has 1 N–H and O–H groups in total. The first-order chi connectivity index (χ1) is 8.76. The first-order valence-electron chi connectivity index (χ1n) is 7.52. The molecular weight excluding hydrogens is 224 g/mol. The summed E-state index contributed by atoms with van der Waals surface area (Å²) in [6.45, 7) is 3.55. The molecular formula is C15H26N2O. The van der Waals surface area contributed by atoms with Crippen LogP contribution in [0.1, 0.15) is 51.9 Å². The summed E-state index contributed by atoms with van der Waals surface area (Å²) >= 11 is 0. The van der Waals surface area contributed by atoms with Gasteiger partial charge in [-0.2, -0.15) is 5.26 Å². The molecule has 0 aromatic rings. The molecule has 0 spiro atoms. The van der Waals surface area contributed by atoms with Gasteiger partial charge >= 0.3 is 0 Å². The van der Waals surface area contributed by atoms with Crippen molar-refractivity contribution >= 4 is 0 Å². The fourth-order valence-electron chi connectivity index (χ4n) is 3.46. The van der Waals surface area contributed by atoms with Crippen LogP contribution in [0.15, 0.2) is 0 Å². The summed E-state index contributed by atoms with van der Waals surface area (Å²) in [5, 5.41) is 18.4. The van der Waals surface area contributed by atoms with Crippen molar-refractivity contribution in [2.45, 2.75) is 64.0 Å². The fourth-order valence-corrected chi connectivity index (χ4v) is 3.46. The fraction of sp³-hybridized carbons (Fsp3) is 0.933. The Morgan fingerprint density at radius 3 is 2.61 bits per heavy atom. The zero-order valence-electron chi connectivity index (χ0n) is 11.5. The molecule has 0 heterocycles. The predicted molar refractivity (Wildman–Crippen MR) is 72.0 cm³/mol. The zero-order valence-corrected chi connectivity index (χ0v) is 11.5. The first-order valence-corrected chi connectivity index (χ1v) is 7.52. The topological polar surface area (TPSA) is 47.3 Å². The lowest BCUT2D eigenvalue weighted by molar-refractivity contribution is 0.0268. The van der Waals surface area contributed by atoms with Gasteiger partial charge in [0.1, 0.15) is 0 Å². The van der Waals surface area contributed by atoms with E-state index in [4.69, 9.17) is 5.11 Å². The van der Waals surface area contributed by atoms with Crippen molar-refractivity contribution in [1.29, 1.82) is 5.26 Å². The summed E-state index contributed by atoms with van der Waals surface area (Å²) in [4.78, 5) is 2.56. The highest BCUT2D eigenvalue weighted by Crippen LogP contribution is 2.36. The Balaban J connectivity index is 2.03.